The maximum atomic E-state index is 13.7. The van der Waals surface area contributed by atoms with E-state index in [0.717, 1.165) is 29.5 Å². The van der Waals surface area contributed by atoms with Crippen molar-refractivity contribution >= 4 is 10.0 Å². The van der Waals surface area contributed by atoms with Gasteiger partial charge < -0.3 is 9.47 Å². The highest BCUT2D eigenvalue weighted by Gasteiger charge is 2.47. The maximum absolute atomic E-state index is 13.7. The molecule has 29 heavy (non-hydrogen) atoms. The van der Waals surface area contributed by atoms with E-state index in [2.05, 4.69) is 6.58 Å². The average Bonchev–Trinajstić information content (AvgIpc) is 3.45. The van der Waals surface area contributed by atoms with Crippen molar-refractivity contribution in [2.75, 3.05) is 20.8 Å². The van der Waals surface area contributed by atoms with E-state index in [1.54, 1.807) is 36.7 Å². The zero-order valence-corrected chi connectivity index (χ0v) is 17.9. The Bertz CT molecular complexity index is 1010. The van der Waals surface area contributed by atoms with E-state index in [1.165, 1.54) is 0 Å². The molecule has 0 bridgehead atoms. The van der Waals surface area contributed by atoms with Crippen molar-refractivity contribution in [2.24, 2.45) is 11.8 Å². The van der Waals surface area contributed by atoms with Crippen LogP contribution in [-0.2, 0) is 10.0 Å². The zero-order chi connectivity index (χ0) is 20.8. The van der Waals surface area contributed by atoms with E-state index in [4.69, 9.17) is 9.47 Å². The highest BCUT2D eigenvalue weighted by Crippen LogP contribution is 2.52. The molecule has 3 atom stereocenters. The number of methoxy groups -OCH3 is 2. The van der Waals surface area contributed by atoms with Gasteiger partial charge in [-0.15, -0.1) is 0 Å². The predicted molar refractivity (Wildman–Crippen MR) is 113 cm³/mol. The summed E-state index contributed by atoms with van der Waals surface area (Å²) in [6.07, 6.45) is 1.90. The quantitative estimate of drug-likeness (QED) is 0.684. The monoisotopic (exact) mass is 413 g/mol. The summed E-state index contributed by atoms with van der Waals surface area (Å²) in [5.41, 5.74) is 2.77. The SMILES string of the molecule is C=C1C[C@@H]2C[C@@H]2CN(S(=O)(=O)c2ccc(C)cc2)[C@@H]1c1cc(OC)cc(OC)c1. The summed E-state index contributed by atoms with van der Waals surface area (Å²) >= 11 is 0. The van der Waals surface area contributed by atoms with Gasteiger partial charge in [-0.2, -0.15) is 4.31 Å². The summed E-state index contributed by atoms with van der Waals surface area (Å²) < 4.78 is 39.8. The highest BCUT2D eigenvalue weighted by atomic mass is 32.2. The highest BCUT2D eigenvalue weighted by molar-refractivity contribution is 7.89. The number of nitrogens with zero attached hydrogens (tertiary/aromatic N) is 1. The minimum absolute atomic E-state index is 0.315. The molecule has 0 amide bonds. The van der Waals surface area contributed by atoms with E-state index < -0.39 is 16.1 Å². The van der Waals surface area contributed by atoms with E-state index in [0.29, 0.717) is 34.8 Å². The van der Waals surface area contributed by atoms with Crippen LogP contribution in [0.5, 0.6) is 11.5 Å². The molecule has 154 valence electrons. The van der Waals surface area contributed by atoms with Crippen LogP contribution in [0.25, 0.3) is 0 Å². The average molecular weight is 414 g/mol. The Balaban J connectivity index is 1.83. The number of fused-ring (bicyclic) bond motifs is 1. The fourth-order valence-corrected chi connectivity index (χ4v) is 5.93. The summed E-state index contributed by atoms with van der Waals surface area (Å²) in [6.45, 7) is 6.76. The second-order valence-corrected chi connectivity index (χ2v) is 9.95. The Morgan fingerprint density at radius 3 is 2.21 bits per heavy atom. The third kappa shape index (κ3) is 3.79. The minimum atomic E-state index is -3.69. The molecule has 0 radical (unpaired) electrons. The summed E-state index contributed by atoms with van der Waals surface area (Å²) in [5.74, 6) is 2.18. The molecule has 1 aliphatic heterocycles. The fraction of sp³-hybridized carbons (Fsp3) is 0.391. The van der Waals surface area contributed by atoms with Crippen LogP contribution in [0.2, 0.25) is 0 Å². The van der Waals surface area contributed by atoms with Gasteiger partial charge in [0.2, 0.25) is 10.0 Å². The summed E-state index contributed by atoms with van der Waals surface area (Å²) in [5, 5.41) is 0. The van der Waals surface area contributed by atoms with Crippen LogP contribution in [0.4, 0.5) is 0 Å². The standard InChI is InChI=1S/C23H27NO4S/c1-15-5-7-22(8-6-15)29(25,26)24-14-19-10-17(19)9-16(2)23(24)18-11-20(27-3)13-21(12-18)28-4/h5-8,11-13,17,19,23H,2,9-10,14H2,1,3-4H3/t17-,19-,23+/m1/s1. The van der Waals surface area contributed by atoms with Gasteiger partial charge in [-0.1, -0.05) is 29.8 Å². The fourth-order valence-electron chi connectivity index (χ4n) is 4.24. The normalized spacial score (nSPS) is 24.5. The Labute approximate surface area is 173 Å². The Hall–Kier alpha value is -2.31. The Kier molecular flexibility index (Phi) is 5.17. The van der Waals surface area contributed by atoms with Crippen LogP contribution in [0, 0.1) is 18.8 Å². The van der Waals surface area contributed by atoms with Crippen LogP contribution < -0.4 is 9.47 Å². The van der Waals surface area contributed by atoms with Gasteiger partial charge in [-0.3, -0.25) is 0 Å². The zero-order valence-electron chi connectivity index (χ0n) is 17.1. The largest absolute Gasteiger partial charge is 0.497 e. The first-order valence-electron chi connectivity index (χ1n) is 9.82. The lowest BCUT2D eigenvalue weighted by Gasteiger charge is -2.32. The van der Waals surface area contributed by atoms with Gasteiger partial charge in [-0.05, 0) is 61.4 Å². The topological polar surface area (TPSA) is 55.8 Å². The van der Waals surface area contributed by atoms with Crippen molar-refractivity contribution in [1.82, 2.24) is 4.31 Å². The molecule has 1 saturated carbocycles. The first kappa shape index (κ1) is 20.0. The van der Waals surface area contributed by atoms with Crippen LogP contribution >= 0.6 is 0 Å². The van der Waals surface area contributed by atoms with Crippen LogP contribution in [-0.4, -0.2) is 33.5 Å². The molecule has 1 aliphatic carbocycles. The first-order valence-corrected chi connectivity index (χ1v) is 11.3. The van der Waals surface area contributed by atoms with Crippen molar-refractivity contribution in [3.63, 3.8) is 0 Å². The second kappa shape index (κ2) is 7.50. The van der Waals surface area contributed by atoms with E-state index in [9.17, 15) is 8.42 Å². The summed E-state index contributed by atoms with van der Waals surface area (Å²) in [4.78, 5) is 0.315. The maximum Gasteiger partial charge on any atom is 0.243 e. The van der Waals surface area contributed by atoms with Crippen LogP contribution in [0.1, 0.15) is 30.0 Å². The van der Waals surface area contributed by atoms with Gasteiger partial charge in [0.1, 0.15) is 11.5 Å². The number of sulfonamides is 1. The van der Waals surface area contributed by atoms with Gasteiger partial charge in [0.05, 0.1) is 25.2 Å². The van der Waals surface area contributed by atoms with Gasteiger partial charge in [0.15, 0.2) is 0 Å². The van der Waals surface area contributed by atoms with Crippen molar-refractivity contribution in [1.29, 1.82) is 0 Å². The van der Waals surface area contributed by atoms with Gasteiger partial charge in [-0.25, -0.2) is 8.42 Å². The van der Waals surface area contributed by atoms with E-state index in [1.807, 2.05) is 31.2 Å². The van der Waals surface area contributed by atoms with E-state index >= 15 is 0 Å². The van der Waals surface area contributed by atoms with Crippen LogP contribution in [0.3, 0.4) is 0 Å². The van der Waals surface area contributed by atoms with Crippen molar-refractivity contribution in [3.8, 4) is 11.5 Å². The Morgan fingerprint density at radius 2 is 1.62 bits per heavy atom. The first-order chi connectivity index (χ1) is 13.8. The lowest BCUT2D eigenvalue weighted by Crippen LogP contribution is -2.36. The number of hydrogen-bond donors (Lipinski definition) is 0. The van der Waals surface area contributed by atoms with E-state index in [-0.39, 0.29) is 0 Å². The molecule has 2 aliphatic rings. The molecule has 4 rings (SSSR count). The van der Waals surface area contributed by atoms with Crippen molar-refractivity contribution < 1.29 is 17.9 Å². The number of ether oxygens (including phenoxy) is 2. The molecule has 0 spiro atoms. The molecule has 1 saturated heterocycles. The number of benzene rings is 2. The molecular weight excluding hydrogens is 386 g/mol. The minimum Gasteiger partial charge on any atom is -0.497 e. The predicted octanol–water partition coefficient (Wildman–Crippen LogP) is 4.34. The number of aryl methyl sites for hydroxylation is 1. The molecule has 6 heteroatoms. The van der Waals surface area contributed by atoms with Gasteiger partial charge in [0.25, 0.3) is 0 Å². The number of rotatable bonds is 5. The second-order valence-electron chi connectivity index (χ2n) is 8.05. The van der Waals surface area contributed by atoms with Crippen LogP contribution in [0.15, 0.2) is 59.5 Å². The van der Waals surface area contributed by atoms with Gasteiger partial charge in [0, 0.05) is 12.6 Å². The lowest BCUT2D eigenvalue weighted by atomic mass is 9.96. The number of hydrogen-bond acceptors (Lipinski definition) is 4. The third-order valence-electron chi connectivity index (χ3n) is 6.00. The molecule has 1 heterocycles. The van der Waals surface area contributed by atoms with Crippen molar-refractivity contribution in [3.05, 3.63) is 65.7 Å². The molecule has 0 unspecified atom stereocenters. The molecular formula is C23H27NO4S. The summed E-state index contributed by atoms with van der Waals surface area (Å²) in [6, 6.07) is 12.2. The lowest BCUT2D eigenvalue weighted by molar-refractivity contribution is 0.346. The van der Waals surface area contributed by atoms with Crippen molar-refractivity contribution in [2.45, 2.75) is 30.7 Å². The molecule has 2 aromatic carbocycles. The summed E-state index contributed by atoms with van der Waals surface area (Å²) in [7, 11) is -0.499. The molecule has 0 N–H and O–H groups in total. The molecule has 5 nitrogen and oxygen atoms in total. The third-order valence-corrected chi connectivity index (χ3v) is 7.84. The molecule has 0 aromatic heterocycles. The van der Waals surface area contributed by atoms with Gasteiger partial charge >= 0.3 is 0 Å². The molecule has 2 fully saturated rings. The smallest absolute Gasteiger partial charge is 0.243 e. The molecule has 2 aromatic rings. The Morgan fingerprint density at radius 1 is 1.00 bits per heavy atom.